The van der Waals surface area contributed by atoms with E-state index in [-0.39, 0.29) is 17.4 Å². The van der Waals surface area contributed by atoms with Gasteiger partial charge in [0.05, 0.1) is 21.8 Å². The second-order valence-electron chi connectivity index (χ2n) is 9.14. The van der Waals surface area contributed by atoms with Gasteiger partial charge in [-0.3, -0.25) is 14.5 Å². The molecule has 2 atom stereocenters. The fraction of sp³-hybridized carbons (Fsp3) is 0.179. The molecule has 6 nitrogen and oxygen atoms in total. The van der Waals surface area contributed by atoms with Crippen LogP contribution in [-0.2, 0) is 16.0 Å². The molecule has 1 amide bonds. The Morgan fingerprint density at radius 1 is 1.11 bits per heavy atom. The number of benzene rings is 3. The van der Waals surface area contributed by atoms with E-state index in [9.17, 15) is 14.7 Å². The number of hydrogen-bond donors (Lipinski definition) is 1. The molecule has 2 aliphatic rings. The Hall–Kier alpha value is -3.68. The smallest absolute Gasteiger partial charge is 0.301 e. The number of amides is 1. The molecule has 3 aromatic carbocycles. The molecule has 4 aromatic rings. The first kappa shape index (κ1) is 22.8. The van der Waals surface area contributed by atoms with Crippen molar-refractivity contribution in [2.45, 2.75) is 32.4 Å². The third kappa shape index (κ3) is 3.67. The summed E-state index contributed by atoms with van der Waals surface area (Å²) in [4.78, 5) is 32.9. The van der Waals surface area contributed by atoms with Crippen LogP contribution in [0.2, 0.25) is 5.02 Å². The molecule has 8 heteroatoms. The van der Waals surface area contributed by atoms with Crippen LogP contribution in [0.25, 0.3) is 16.0 Å². The Kier molecular flexibility index (Phi) is 5.35. The standard InChI is InChI=1S/C28H21ClN2O4S/c1-14-3-9-20-22(11-14)36-28(30-20)31-24(16-4-7-19(29)8-5-16)23(26(33)27(31)34)25(32)17-6-10-21-18(13-17)12-15(2)35-21/h3-11,13,15,24,32H,12H2,1-2H3/t15-,24+/m0/s1. The molecule has 1 saturated heterocycles. The zero-order valence-electron chi connectivity index (χ0n) is 19.5. The van der Waals surface area contributed by atoms with Gasteiger partial charge in [0.15, 0.2) is 5.13 Å². The summed E-state index contributed by atoms with van der Waals surface area (Å²) in [5.74, 6) is -0.952. The monoisotopic (exact) mass is 516 g/mol. The van der Waals surface area contributed by atoms with Crippen molar-refractivity contribution in [2.75, 3.05) is 4.90 Å². The van der Waals surface area contributed by atoms with Gasteiger partial charge in [-0.05, 0) is 73.0 Å². The number of ether oxygens (including phenoxy) is 1. The van der Waals surface area contributed by atoms with Crippen molar-refractivity contribution >= 4 is 55.7 Å². The Labute approximate surface area is 216 Å². The van der Waals surface area contributed by atoms with Crippen molar-refractivity contribution in [1.82, 2.24) is 4.98 Å². The van der Waals surface area contributed by atoms with Crippen LogP contribution in [0.3, 0.4) is 0 Å². The van der Waals surface area contributed by atoms with Crippen molar-refractivity contribution in [3.63, 3.8) is 0 Å². The number of halogens is 1. The van der Waals surface area contributed by atoms with Gasteiger partial charge in [0, 0.05) is 17.0 Å². The molecule has 0 radical (unpaired) electrons. The minimum absolute atomic E-state index is 0.0182. The summed E-state index contributed by atoms with van der Waals surface area (Å²) < 4.78 is 6.68. The van der Waals surface area contributed by atoms with Crippen LogP contribution in [-0.4, -0.2) is 27.9 Å². The molecule has 3 heterocycles. The van der Waals surface area contributed by atoms with E-state index in [0.29, 0.717) is 27.7 Å². The zero-order valence-corrected chi connectivity index (χ0v) is 21.1. The SMILES string of the molecule is Cc1ccc2nc(N3C(=O)C(=O)C(=C(O)c4ccc5c(c4)C[C@H](C)O5)[C@H]3c3ccc(Cl)cc3)sc2c1. The van der Waals surface area contributed by atoms with Crippen LogP contribution >= 0.6 is 22.9 Å². The van der Waals surface area contributed by atoms with Gasteiger partial charge in [-0.25, -0.2) is 4.98 Å². The number of Topliss-reactive ketones (excluding diaryl/α,β-unsaturated/α-hetero) is 1. The Bertz CT molecular complexity index is 1590. The zero-order chi connectivity index (χ0) is 25.1. The third-order valence-corrected chi connectivity index (χ3v) is 7.81. The van der Waals surface area contributed by atoms with Gasteiger partial charge in [0.25, 0.3) is 5.78 Å². The summed E-state index contributed by atoms with van der Waals surface area (Å²) in [6.07, 6.45) is 0.746. The molecule has 0 saturated carbocycles. The number of thiazole rings is 1. The normalized spacial score (nSPS) is 20.7. The van der Waals surface area contributed by atoms with Gasteiger partial charge in [-0.2, -0.15) is 0 Å². The average Bonchev–Trinajstić information content (AvgIpc) is 3.51. The van der Waals surface area contributed by atoms with Gasteiger partial charge in [0.2, 0.25) is 0 Å². The molecule has 36 heavy (non-hydrogen) atoms. The molecule has 1 N–H and O–H groups in total. The molecular weight excluding hydrogens is 496 g/mol. The summed E-state index contributed by atoms with van der Waals surface area (Å²) in [5, 5.41) is 12.4. The molecule has 6 rings (SSSR count). The molecule has 0 bridgehead atoms. The molecule has 180 valence electrons. The topological polar surface area (TPSA) is 79.7 Å². The van der Waals surface area contributed by atoms with Crippen LogP contribution in [0.4, 0.5) is 5.13 Å². The van der Waals surface area contributed by atoms with Gasteiger partial charge in [-0.1, -0.05) is 41.1 Å². The summed E-state index contributed by atoms with van der Waals surface area (Å²) in [7, 11) is 0. The predicted octanol–water partition coefficient (Wildman–Crippen LogP) is 6.21. The van der Waals surface area contributed by atoms with Crippen LogP contribution in [0.5, 0.6) is 5.75 Å². The lowest BCUT2D eigenvalue weighted by atomic mass is 9.94. The molecular formula is C28H21ClN2O4S. The van der Waals surface area contributed by atoms with Crippen LogP contribution in [0.15, 0.2) is 66.2 Å². The van der Waals surface area contributed by atoms with E-state index in [2.05, 4.69) is 4.98 Å². The molecule has 0 unspecified atom stereocenters. The lowest BCUT2D eigenvalue weighted by Crippen LogP contribution is -2.29. The number of anilines is 1. The largest absolute Gasteiger partial charge is 0.507 e. The lowest BCUT2D eigenvalue weighted by Gasteiger charge is -2.23. The lowest BCUT2D eigenvalue weighted by molar-refractivity contribution is -0.132. The number of hydrogen-bond acceptors (Lipinski definition) is 6. The Morgan fingerprint density at radius 3 is 2.67 bits per heavy atom. The Morgan fingerprint density at radius 2 is 1.89 bits per heavy atom. The second-order valence-corrected chi connectivity index (χ2v) is 10.6. The minimum atomic E-state index is -0.854. The van der Waals surface area contributed by atoms with E-state index in [1.165, 1.54) is 16.2 Å². The quantitative estimate of drug-likeness (QED) is 0.199. The summed E-state index contributed by atoms with van der Waals surface area (Å²) >= 11 is 7.46. The highest BCUT2D eigenvalue weighted by molar-refractivity contribution is 7.22. The average molecular weight is 517 g/mol. The number of carbonyl (C=O) groups is 2. The van der Waals surface area contributed by atoms with E-state index in [1.807, 2.05) is 38.1 Å². The first-order valence-electron chi connectivity index (χ1n) is 11.5. The van der Waals surface area contributed by atoms with E-state index in [4.69, 9.17) is 16.3 Å². The number of aliphatic hydroxyl groups excluding tert-OH is 1. The predicted molar refractivity (Wildman–Crippen MR) is 141 cm³/mol. The Balaban J connectivity index is 1.53. The minimum Gasteiger partial charge on any atom is -0.507 e. The first-order valence-corrected chi connectivity index (χ1v) is 12.7. The van der Waals surface area contributed by atoms with Gasteiger partial charge in [0.1, 0.15) is 17.6 Å². The number of carbonyl (C=O) groups excluding carboxylic acids is 2. The highest BCUT2D eigenvalue weighted by Gasteiger charge is 2.48. The number of rotatable bonds is 3. The molecule has 1 fully saturated rings. The van der Waals surface area contributed by atoms with Crippen molar-refractivity contribution in [3.05, 3.63) is 93.5 Å². The van der Waals surface area contributed by atoms with Gasteiger partial charge < -0.3 is 9.84 Å². The number of nitrogens with zero attached hydrogens (tertiary/aromatic N) is 2. The molecule has 0 aliphatic carbocycles. The van der Waals surface area contributed by atoms with E-state index in [1.54, 1.807) is 36.4 Å². The maximum atomic E-state index is 13.4. The maximum absolute atomic E-state index is 13.4. The van der Waals surface area contributed by atoms with Crippen molar-refractivity contribution in [1.29, 1.82) is 0 Å². The van der Waals surface area contributed by atoms with Crippen LogP contribution in [0, 0.1) is 6.92 Å². The number of aromatic nitrogens is 1. The number of aliphatic hydroxyl groups is 1. The van der Waals surface area contributed by atoms with Gasteiger partial charge in [-0.15, -0.1) is 0 Å². The number of fused-ring (bicyclic) bond motifs is 2. The fourth-order valence-electron chi connectivity index (χ4n) is 4.84. The van der Waals surface area contributed by atoms with Crippen molar-refractivity contribution < 1.29 is 19.4 Å². The highest BCUT2D eigenvalue weighted by atomic mass is 35.5. The van der Waals surface area contributed by atoms with Gasteiger partial charge >= 0.3 is 5.91 Å². The summed E-state index contributed by atoms with van der Waals surface area (Å²) in [5.41, 5.74) is 3.89. The number of aryl methyl sites for hydroxylation is 1. The summed E-state index contributed by atoms with van der Waals surface area (Å²) in [6.45, 7) is 3.96. The summed E-state index contributed by atoms with van der Waals surface area (Å²) in [6, 6.07) is 17.2. The highest BCUT2D eigenvalue weighted by Crippen LogP contribution is 2.45. The maximum Gasteiger partial charge on any atom is 0.301 e. The molecule has 1 aromatic heterocycles. The third-order valence-electron chi connectivity index (χ3n) is 6.54. The van der Waals surface area contributed by atoms with Crippen LogP contribution in [0.1, 0.15) is 35.2 Å². The second kappa shape index (κ2) is 8.47. The van der Waals surface area contributed by atoms with E-state index in [0.717, 1.165) is 27.1 Å². The van der Waals surface area contributed by atoms with Crippen LogP contribution < -0.4 is 9.64 Å². The molecule has 2 aliphatic heterocycles. The van der Waals surface area contributed by atoms with Crippen molar-refractivity contribution in [2.24, 2.45) is 0 Å². The van der Waals surface area contributed by atoms with E-state index < -0.39 is 17.7 Å². The molecule has 0 spiro atoms. The van der Waals surface area contributed by atoms with Crippen molar-refractivity contribution in [3.8, 4) is 5.75 Å². The first-order chi connectivity index (χ1) is 17.3. The fourth-order valence-corrected chi connectivity index (χ4v) is 6.05. The van der Waals surface area contributed by atoms with E-state index >= 15 is 0 Å². The number of ketones is 1.